The van der Waals surface area contributed by atoms with Crippen molar-refractivity contribution in [2.45, 2.75) is 13.0 Å². The number of fused-ring (bicyclic) bond motifs is 1. The Morgan fingerprint density at radius 2 is 2.27 bits per heavy atom. The Bertz CT molecular complexity index is 495. The molecule has 0 fully saturated rings. The van der Waals surface area contributed by atoms with Gasteiger partial charge in [0.15, 0.2) is 0 Å². The van der Waals surface area contributed by atoms with Crippen LogP contribution in [-0.4, -0.2) is 16.4 Å². The van der Waals surface area contributed by atoms with Gasteiger partial charge in [-0.25, -0.2) is 4.98 Å². The summed E-state index contributed by atoms with van der Waals surface area (Å²) in [7, 11) is 1.90. The van der Waals surface area contributed by atoms with Crippen LogP contribution in [0.2, 0.25) is 5.15 Å². The SMILES string of the molecule is CNC(C)c1nc(Br)c2cccc(Cl)n12. The molecule has 0 aliphatic heterocycles. The summed E-state index contributed by atoms with van der Waals surface area (Å²) in [4.78, 5) is 4.45. The number of halogens is 2. The van der Waals surface area contributed by atoms with Crippen LogP contribution in [0.5, 0.6) is 0 Å². The number of hydrogen-bond acceptors (Lipinski definition) is 2. The van der Waals surface area contributed by atoms with Crippen molar-refractivity contribution in [2.75, 3.05) is 7.05 Å². The Morgan fingerprint density at radius 1 is 1.53 bits per heavy atom. The molecule has 0 spiro atoms. The summed E-state index contributed by atoms with van der Waals surface area (Å²) in [6, 6.07) is 5.91. The van der Waals surface area contributed by atoms with Gasteiger partial charge in [-0.1, -0.05) is 17.7 Å². The van der Waals surface area contributed by atoms with E-state index in [0.717, 1.165) is 15.9 Å². The van der Waals surface area contributed by atoms with Crippen molar-refractivity contribution in [3.63, 3.8) is 0 Å². The highest BCUT2D eigenvalue weighted by atomic mass is 79.9. The van der Waals surface area contributed by atoms with Gasteiger partial charge in [-0.2, -0.15) is 0 Å². The molecule has 2 aromatic heterocycles. The zero-order valence-electron chi connectivity index (χ0n) is 8.46. The average Bonchev–Trinajstić information content (AvgIpc) is 2.57. The summed E-state index contributed by atoms with van der Waals surface area (Å²) in [5.41, 5.74) is 0.986. The topological polar surface area (TPSA) is 29.3 Å². The molecule has 0 saturated carbocycles. The number of imidazole rings is 1. The van der Waals surface area contributed by atoms with E-state index in [0.29, 0.717) is 5.15 Å². The largest absolute Gasteiger partial charge is 0.311 e. The van der Waals surface area contributed by atoms with Gasteiger partial charge >= 0.3 is 0 Å². The van der Waals surface area contributed by atoms with Crippen molar-refractivity contribution < 1.29 is 0 Å². The molecule has 5 heteroatoms. The lowest BCUT2D eigenvalue weighted by Gasteiger charge is -2.09. The standard InChI is InChI=1S/C10H11BrClN3/c1-6(13-2)10-14-9(11)7-4-3-5-8(12)15(7)10/h3-6,13H,1-2H3. The minimum atomic E-state index is 0.156. The van der Waals surface area contributed by atoms with E-state index in [1.807, 2.05) is 36.6 Å². The molecule has 0 amide bonds. The number of nitrogens with zero attached hydrogens (tertiary/aromatic N) is 2. The highest BCUT2D eigenvalue weighted by molar-refractivity contribution is 9.10. The molecule has 0 aliphatic rings. The van der Waals surface area contributed by atoms with Crippen molar-refractivity contribution in [3.05, 3.63) is 33.8 Å². The van der Waals surface area contributed by atoms with Gasteiger partial charge in [0, 0.05) is 0 Å². The highest BCUT2D eigenvalue weighted by Crippen LogP contribution is 2.25. The maximum Gasteiger partial charge on any atom is 0.132 e. The second-order valence-corrected chi connectivity index (χ2v) is 4.48. The van der Waals surface area contributed by atoms with E-state index in [4.69, 9.17) is 11.6 Å². The molecule has 0 radical (unpaired) electrons. The van der Waals surface area contributed by atoms with E-state index in [9.17, 15) is 0 Å². The monoisotopic (exact) mass is 287 g/mol. The Labute approximate surface area is 102 Å². The van der Waals surface area contributed by atoms with Crippen LogP contribution in [0.4, 0.5) is 0 Å². The van der Waals surface area contributed by atoms with E-state index in [1.165, 1.54) is 0 Å². The fraction of sp³-hybridized carbons (Fsp3) is 0.300. The molecular weight excluding hydrogens is 277 g/mol. The molecule has 80 valence electrons. The van der Waals surface area contributed by atoms with Gasteiger partial charge in [0.1, 0.15) is 15.6 Å². The summed E-state index contributed by atoms with van der Waals surface area (Å²) in [6.45, 7) is 2.05. The summed E-state index contributed by atoms with van der Waals surface area (Å²) in [6.07, 6.45) is 0. The fourth-order valence-electron chi connectivity index (χ4n) is 1.50. The molecule has 0 saturated heterocycles. The number of nitrogens with one attached hydrogen (secondary N) is 1. The number of hydrogen-bond donors (Lipinski definition) is 1. The summed E-state index contributed by atoms with van der Waals surface area (Å²) in [5, 5.41) is 3.82. The van der Waals surface area contributed by atoms with Gasteiger partial charge in [-0.15, -0.1) is 0 Å². The Morgan fingerprint density at radius 3 is 2.93 bits per heavy atom. The molecule has 0 aliphatic carbocycles. The van der Waals surface area contributed by atoms with Gasteiger partial charge < -0.3 is 5.32 Å². The number of pyridine rings is 1. The normalized spacial score (nSPS) is 13.3. The third kappa shape index (κ3) is 1.77. The van der Waals surface area contributed by atoms with Crippen molar-refractivity contribution in [1.29, 1.82) is 0 Å². The van der Waals surface area contributed by atoms with Gasteiger partial charge in [0.25, 0.3) is 0 Å². The second kappa shape index (κ2) is 4.12. The lowest BCUT2D eigenvalue weighted by molar-refractivity contribution is 0.608. The lowest BCUT2D eigenvalue weighted by Crippen LogP contribution is -2.15. The molecule has 15 heavy (non-hydrogen) atoms. The Hall–Kier alpha value is -0.580. The average molecular weight is 289 g/mol. The first kappa shape index (κ1) is 10.9. The zero-order valence-corrected chi connectivity index (χ0v) is 10.8. The van der Waals surface area contributed by atoms with Gasteiger partial charge in [0.05, 0.1) is 11.6 Å². The van der Waals surface area contributed by atoms with Crippen LogP contribution in [-0.2, 0) is 0 Å². The number of aromatic nitrogens is 2. The van der Waals surface area contributed by atoms with Gasteiger partial charge in [0.2, 0.25) is 0 Å². The molecule has 2 rings (SSSR count). The van der Waals surface area contributed by atoms with Crippen molar-refractivity contribution in [1.82, 2.24) is 14.7 Å². The van der Waals surface area contributed by atoms with Crippen LogP contribution in [0, 0.1) is 0 Å². The third-order valence-electron chi connectivity index (χ3n) is 2.42. The minimum absolute atomic E-state index is 0.156. The summed E-state index contributed by atoms with van der Waals surface area (Å²) in [5.74, 6) is 0.907. The predicted octanol–water partition coefficient (Wildman–Crippen LogP) is 3.03. The maximum absolute atomic E-state index is 6.15. The van der Waals surface area contributed by atoms with E-state index in [1.54, 1.807) is 0 Å². The smallest absolute Gasteiger partial charge is 0.132 e. The molecule has 1 N–H and O–H groups in total. The molecule has 0 bridgehead atoms. The molecule has 1 atom stereocenters. The summed E-state index contributed by atoms with van der Waals surface area (Å²) < 4.78 is 2.76. The lowest BCUT2D eigenvalue weighted by atomic mass is 10.3. The fourth-order valence-corrected chi connectivity index (χ4v) is 2.25. The van der Waals surface area contributed by atoms with Gasteiger partial charge in [-0.3, -0.25) is 4.40 Å². The Balaban J connectivity index is 2.75. The van der Waals surface area contributed by atoms with Gasteiger partial charge in [-0.05, 0) is 42.0 Å². The molecule has 2 heterocycles. The van der Waals surface area contributed by atoms with Crippen molar-refractivity contribution >= 4 is 33.0 Å². The van der Waals surface area contributed by atoms with Crippen molar-refractivity contribution in [2.24, 2.45) is 0 Å². The van der Waals surface area contributed by atoms with Crippen molar-refractivity contribution in [3.8, 4) is 0 Å². The molecular formula is C10H11BrClN3. The molecule has 0 aromatic carbocycles. The first-order valence-corrected chi connectivity index (χ1v) is 5.82. The first-order chi connectivity index (χ1) is 7.15. The molecule has 2 aromatic rings. The first-order valence-electron chi connectivity index (χ1n) is 4.64. The minimum Gasteiger partial charge on any atom is -0.311 e. The van der Waals surface area contributed by atoms with Crippen LogP contribution >= 0.6 is 27.5 Å². The summed E-state index contributed by atoms with van der Waals surface area (Å²) >= 11 is 9.58. The number of rotatable bonds is 2. The third-order valence-corrected chi connectivity index (χ3v) is 3.29. The second-order valence-electron chi connectivity index (χ2n) is 3.34. The quantitative estimate of drug-likeness (QED) is 0.861. The maximum atomic E-state index is 6.15. The van der Waals surface area contributed by atoms with Crippen LogP contribution in [0.3, 0.4) is 0 Å². The highest BCUT2D eigenvalue weighted by Gasteiger charge is 2.15. The van der Waals surface area contributed by atoms with E-state index < -0.39 is 0 Å². The Kier molecular flexibility index (Phi) is 3.00. The zero-order chi connectivity index (χ0) is 11.0. The van der Waals surface area contributed by atoms with Crippen LogP contribution < -0.4 is 5.32 Å². The van der Waals surface area contributed by atoms with E-state index >= 15 is 0 Å². The van der Waals surface area contributed by atoms with Crippen LogP contribution in [0.25, 0.3) is 5.52 Å². The predicted molar refractivity (Wildman–Crippen MR) is 65.4 cm³/mol. The van der Waals surface area contributed by atoms with Crippen LogP contribution in [0.15, 0.2) is 22.8 Å². The van der Waals surface area contributed by atoms with E-state index in [2.05, 4.69) is 26.2 Å². The van der Waals surface area contributed by atoms with Crippen LogP contribution in [0.1, 0.15) is 18.8 Å². The molecule has 3 nitrogen and oxygen atoms in total. The molecule has 1 unspecified atom stereocenters. The van der Waals surface area contributed by atoms with E-state index in [-0.39, 0.29) is 6.04 Å².